The first-order valence-electron chi connectivity index (χ1n) is 3.63. The second-order valence-electron chi connectivity index (χ2n) is 2.61. The van der Waals surface area contributed by atoms with Crippen molar-refractivity contribution in [2.24, 2.45) is 0 Å². The van der Waals surface area contributed by atoms with Crippen molar-refractivity contribution in [2.75, 3.05) is 13.1 Å². The molecule has 0 aliphatic carbocycles. The van der Waals surface area contributed by atoms with Crippen LogP contribution < -0.4 is 5.32 Å². The third kappa shape index (κ3) is 1.76. The monoisotopic (exact) mass is 232 g/mol. The predicted octanol–water partition coefficient (Wildman–Crippen LogP) is 0.251. The Bertz CT molecular complexity index is 337. The minimum Gasteiger partial charge on any atom is -0.337 e. The van der Waals surface area contributed by atoms with Crippen LogP contribution >= 0.6 is 0 Å². The summed E-state index contributed by atoms with van der Waals surface area (Å²) in [4.78, 5) is 10.8. The lowest BCUT2D eigenvalue weighted by molar-refractivity contribution is -0.0480. The number of sulfonamides is 1. The van der Waals surface area contributed by atoms with Crippen molar-refractivity contribution in [3.8, 4) is 0 Å². The van der Waals surface area contributed by atoms with Crippen LogP contribution in [0.2, 0.25) is 0 Å². The molecule has 9 heteroatoms. The van der Waals surface area contributed by atoms with E-state index < -0.39 is 28.1 Å². The summed E-state index contributed by atoms with van der Waals surface area (Å²) in [7, 11) is -5.53. The van der Waals surface area contributed by atoms with Crippen LogP contribution in [-0.2, 0) is 10.0 Å². The lowest BCUT2D eigenvalue weighted by atomic mass is 10.4. The Kier molecular flexibility index (Phi) is 2.61. The molecule has 0 aromatic carbocycles. The van der Waals surface area contributed by atoms with Crippen LogP contribution in [0.25, 0.3) is 0 Å². The normalized spacial score (nSPS) is 19.4. The van der Waals surface area contributed by atoms with Gasteiger partial charge in [0.2, 0.25) is 0 Å². The maximum absolute atomic E-state index is 12.0. The zero-order chi connectivity index (χ0) is 11.0. The molecule has 1 heterocycles. The SMILES string of the molecule is O=C1NCCCN1S(=O)(=O)C(F)(F)F. The largest absolute Gasteiger partial charge is 0.516 e. The van der Waals surface area contributed by atoms with Crippen molar-refractivity contribution in [2.45, 2.75) is 11.9 Å². The van der Waals surface area contributed by atoms with Crippen molar-refractivity contribution in [1.82, 2.24) is 9.62 Å². The molecule has 1 aliphatic rings. The molecule has 5 nitrogen and oxygen atoms in total. The summed E-state index contributed by atoms with van der Waals surface area (Å²) >= 11 is 0. The average molecular weight is 232 g/mol. The topological polar surface area (TPSA) is 66.5 Å². The lowest BCUT2D eigenvalue weighted by Gasteiger charge is -2.27. The van der Waals surface area contributed by atoms with Gasteiger partial charge in [0, 0.05) is 13.1 Å². The van der Waals surface area contributed by atoms with E-state index in [1.54, 1.807) is 0 Å². The smallest absolute Gasteiger partial charge is 0.337 e. The van der Waals surface area contributed by atoms with E-state index in [0.29, 0.717) is 0 Å². The first-order valence-corrected chi connectivity index (χ1v) is 5.07. The van der Waals surface area contributed by atoms with Gasteiger partial charge < -0.3 is 5.32 Å². The molecule has 1 rings (SSSR count). The quantitative estimate of drug-likeness (QED) is 0.704. The van der Waals surface area contributed by atoms with E-state index in [4.69, 9.17) is 0 Å². The Morgan fingerprint density at radius 1 is 1.36 bits per heavy atom. The summed E-state index contributed by atoms with van der Waals surface area (Å²) < 4.78 is 57.3. The van der Waals surface area contributed by atoms with E-state index in [1.807, 2.05) is 5.32 Å². The number of halogens is 3. The molecule has 14 heavy (non-hydrogen) atoms. The number of carbonyl (C=O) groups is 1. The zero-order valence-electron chi connectivity index (χ0n) is 6.84. The van der Waals surface area contributed by atoms with Crippen molar-refractivity contribution < 1.29 is 26.4 Å². The van der Waals surface area contributed by atoms with E-state index >= 15 is 0 Å². The summed E-state index contributed by atoms with van der Waals surface area (Å²) in [6.07, 6.45) is 0.168. The first-order chi connectivity index (χ1) is 6.27. The number of carbonyl (C=O) groups excluding carboxylic acids is 1. The molecule has 0 spiro atoms. The second-order valence-corrected chi connectivity index (χ2v) is 4.46. The standard InChI is InChI=1S/C5H7F3N2O3S/c6-5(7,8)14(12,13)10-3-1-2-9-4(10)11/h1-3H2,(H,9,11). The van der Waals surface area contributed by atoms with Gasteiger partial charge in [-0.25, -0.2) is 9.10 Å². The summed E-state index contributed by atoms with van der Waals surface area (Å²) in [5.74, 6) is 0. The Hall–Kier alpha value is -0.990. The fraction of sp³-hybridized carbons (Fsp3) is 0.800. The van der Waals surface area contributed by atoms with E-state index in [2.05, 4.69) is 0 Å². The molecule has 82 valence electrons. The molecule has 1 saturated heterocycles. The summed E-state index contributed by atoms with van der Waals surface area (Å²) in [5, 5.41) is 2.02. The molecule has 0 unspecified atom stereocenters. The summed E-state index contributed by atoms with van der Waals surface area (Å²) in [5.41, 5.74) is -5.43. The number of nitrogens with zero attached hydrogens (tertiary/aromatic N) is 1. The van der Waals surface area contributed by atoms with Crippen LogP contribution in [0, 0.1) is 0 Å². The van der Waals surface area contributed by atoms with Crippen molar-refractivity contribution in [3.05, 3.63) is 0 Å². The van der Waals surface area contributed by atoms with E-state index in [-0.39, 0.29) is 17.3 Å². The highest BCUT2D eigenvalue weighted by Crippen LogP contribution is 2.27. The maximum atomic E-state index is 12.0. The van der Waals surface area contributed by atoms with E-state index in [9.17, 15) is 26.4 Å². The molecule has 1 fully saturated rings. The fourth-order valence-corrected chi connectivity index (χ4v) is 1.86. The van der Waals surface area contributed by atoms with Gasteiger partial charge in [-0.3, -0.25) is 0 Å². The molecular weight excluding hydrogens is 225 g/mol. The van der Waals surface area contributed by atoms with Crippen LogP contribution in [0.15, 0.2) is 0 Å². The number of nitrogens with one attached hydrogen (secondary N) is 1. The van der Waals surface area contributed by atoms with Gasteiger partial charge in [0.25, 0.3) is 0 Å². The molecule has 2 amide bonds. The van der Waals surface area contributed by atoms with Gasteiger partial charge in [-0.05, 0) is 6.42 Å². The van der Waals surface area contributed by atoms with Gasteiger partial charge in [0.05, 0.1) is 0 Å². The highest BCUT2D eigenvalue weighted by atomic mass is 32.2. The maximum Gasteiger partial charge on any atom is 0.516 e. The molecular formula is C5H7F3N2O3S. The number of hydrogen-bond donors (Lipinski definition) is 1. The lowest BCUT2D eigenvalue weighted by Crippen LogP contribution is -2.52. The predicted molar refractivity (Wildman–Crippen MR) is 39.7 cm³/mol. The third-order valence-electron chi connectivity index (χ3n) is 1.62. The third-order valence-corrected chi connectivity index (χ3v) is 3.14. The first kappa shape index (κ1) is 11.1. The molecule has 0 aromatic rings. The highest BCUT2D eigenvalue weighted by Gasteiger charge is 2.52. The van der Waals surface area contributed by atoms with Gasteiger partial charge >= 0.3 is 21.6 Å². The molecule has 0 saturated carbocycles. The highest BCUT2D eigenvalue weighted by molar-refractivity contribution is 7.90. The Morgan fingerprint density at radius 2 is 1.93 bits per heavy atom. The second kappa shape index (κ2) is 3.30. The van der Waals surface area contributed by atoms with Gasteiger partial charge in [0.15, 0.2) is 0 Å². The fourth-order valence-electron chi connectivity index (χ4n) is 0.962. The molecule has 0 aromatic heterocycles. The molecule has 0 bridgehead atoms. The Balaban J connectivity index is 2.98. The summed E-state index contributed by atoms with van der Waals surface area (Å²) in [6, 6.07) is -1.23. The zero-order valence-corrected chi connectivity index (χ0v) is 7.65. The van der Waals surface area contributed by atoms with Crippen LogP contribution in [0.1, 0.15) is 6.42 Å². The van der Waals surface area contributed by atoms with Crippen molar-refractivity contribution >= 4 is 16.1 Å². The molecule has 0 atom stereocenters. The van der Waals surface area contributed by atoms with Gasteiger partial charge in [-0.2, -0.15) is 21.6 Å². The number of amides is 2. The molecule has 0 radical (unpaired) electrons. The Morgan fingerprint density at radius 3 is 2.36 bits per heavy atom. The number of hydrogen-bond acceptors (Lipinski definition) is 3. The number of urea groups is 1. The van der Waals surface area contributed by atoms with Crippen LogP contribution in [-0.4, -0.2) is 37.4 Å². The van der Waals surface area contributed by atoms with E-state index in [1.165, 1.54) is 0 Å². The van der Waals surface area contributed by atoms with Gasteiger partial charge in [0.1, 0.15) is 0 Å². The molecule has 1 aliphatic heterocycles. The minimum atomic E-state index is -5.53. The van der Waals surface area contributed by atoms with Gasteiger partial charge in [-0.15, -0.1) is 0 Å². The Labute approximate surface area is 77.9 Å². The van der Waals surface area contributed by atoms with E-state index in [0.717, 1.165) is 0 Å². The minimum absolute atomic E-state index is 0.168. The van der Waals surface area contributed by atoms with Gasteiger partial charge in [-0.1, -0.05) is 0 Å². The van der Waals surface area contributed by atoms with Crippen LogP contribution in [0.3, 0.4) is 0 Å². The number of rotatable bonds is 1. The number of alkyl halides is 3. The van der Waals surface area contributed by atoms with Crippen LogP contribution in [0.4, 0.5) is 18.0 Å². The van der Waals surface area contributed by atoms with Crippen molar-refractivity contribution in [3.63, 3.8) is 0 Å². The van der Waals surface area contributed by atoms with Crippen molar-refractivity contribution in [1.29, 1.82) is 0 Å². The average Bonchev–Trinajstić information content (AvgIpc) is 2.02. The summed E-state index contributed by atoms with van der Waals surface area (Å²) in [6.45, 7) is -0.254. The van der Waals surface area contributed by atoms with Crippen LogP contribution in [0.5, 0.6) is 0 Å². The molecule has 1 N–H and O–H groups in total.